The molecule has 0 saturated carbocycles. The molecule has 0 bridgehead atoms. The summed E-state index contributed by atoms with van der Waals surface area (Å²) >= 11 is 6.09. The lowest BCUT2D eigenvalue weighted by molar-refractivity contribution is -0.121. The highest BCUT2D eigenvalue weighted by Crippen LogP contribution is 2.29. The van der Waals surface area contributed by atoms with Gasteiger partial charge in [0.05, 0.1) is 26.7 Å². The van der Waals surface area contributed by atoms with Gasteiger partial charge in [-0.15, -0.1) is 0 Å². The fourth-order valence-electron chi connectivity index (χ4n) is 2.36. The number of benzene rings is 2. The highest BCUT2D eigenvalue weighted by atomic mass is 35.5. The zero-order valence-electron chi connectivity index (χ0n) is 13.4. The fraction of sp³-hybridized carbons (Fsp3) is 0.278. The lowest BCUT2D eigenvalue weighted by atomic mass is 10.1. The van der Waals surface area contributed by atoms with Crippen LogP contribution in [0.3, 0.4) is 0 Å². The molecule has 0 aliphatic heterocycles. The van der Waals surface area contributed by atoms with E-state index >= 15 is 0 Å². The second-order valence-corrected chi connectivity index (χ2v) is 5.57. The molecule has 1 amide bonds. The maximum atomic E-state index is 12.3. The van der Waals surface area contributed by atoms with Crippen LogP contribution in [-0.2, 0) is 11.2 Å². The van der Waals surface area contributed by atoms with Gasteiger partial charge in [-0.1, -0.05) is 29.8 Å². The highest BCUT2D eigenvalue weighted by Gasteiger charge is 2.16. The third-order valence-corrected chi connectivity index (χ3v) is 3.96. The summed E-state index contributed by atoms with van der Waals surface area (Å²) < 4.78 is 10.6. The number of amides is 1. The van der Waals surface area contributed by atoms with Gasteiger partial charge in [0.15, 0.2) is 0 Å². The Labute approximate surface area is 141 Å². The van der Waals surface area contributed by atoms with Crippen molar-refractivity contribution >= 4 is 17.5 Å². The second-order valence-electron chi connectivity index (χ2n) is 5.17. The number of hydrogen-bond acceptors (Lipinski definition) is 3. The van der Waals surface area contributed by atoms with Crippen molar-refractivity contribution in [1.82, 2.24) is 5.32 Å². The van der Waals surface area contributed by atoms with Gasteiger partial charge in [-0.25, -0.2) is 0 Å². The van der Waals surface area contributed by atoms with E-state index in [9.17, 15) is 4.79 Å². The van der Waals surface area contributed by atoms with Gasteiger partial charge < -0.3 is 14.8 Å². The van der Waals surface area contributed by atoms with Crippen molar-refractivity contribution < 1.29 is 14.3 Å². The van der Waals surface area contributed by atoms with Crippen LogP contribution in [0.15, 0.2) is 42.5 Å². The van der Waals surface area contributed by atoms with E-state index < -0.39 is 0 Å². The first-order valence-electron chi connectivity index (χ1n) is 7.30. The largest absolute Gasteiger partial charge is 0.497 e. The Morgan fingerprint density at radius 2 is 1.91 bits per heavy atom. The summed E-state index contributed by atoms with van der Waals surface area (Å²) in [5.41, 5.74) is 1.66. The van der Waals surface area contributed by atoms with Gasteiger partial charge >= 0.3 is 0 Å². The molecular formula is C18H20ClNO3. The van der Waals surface area contributed by atoms with Gasteiger partial charge in [0, 0.05) is 10.6 Å². The van der Waals surface area contributed by atoms with Crippen LogP contribution in [-0.4, -0.2) is 20.1 Å². The standard InChI is InChI=1S/C18H20ClNO3/c1-12(15-11-14(22-2)8-9-17(15)23-3)20-18(21)10-13-6-4-5-7-16(13)19/h4-9,11-12H,10H2,1-3H3,(H,20,21)/t12-/m1/s1. The molecule has 0 aromatic heterocycles. The molecule has 0 radical (unpaired) electrons. The van der Waals surface area contributed by atoms with Crippen molar-refractivity contribution in [3.63, 3.8) is 0 Å². The van der Waals surface area contributed by atoms with E-state index in [2.05, 4.69) is 5.32 Å². The SMILES string of the molecule is COc1ccc(OC)c([C@@H](C)NC(=O)Cc2ccccc2Cl)c1. The number of ether oxygens (including phenoxy) is 2. The van der Waals surface area contributed by atoms with E-state index in [-0.39, 0.29) is 18.4 Å². The van der Waals surface area contributed by atoms with Crippen LogP contribution in [0.5, 0.6) is 11.5 Å². The Hall–Kier alpha value is -2.20. The zero-order valence-corrected chi connectivity index (χ0v) is 14.2. The lowest BCUT2D eigenvalue weighted by Crippen LogP contribution is -2.28. The monoisotopic (exact) mass is 333 g/mol. The molecule has 2 rings (SSSR count). The molecule has 0 aliphatic carbocycles. The summed E-state index contributed by atoms with van der Waals surface area (Å²) in [5, 5.41) is 3.56. The summed E-state index contributed by atoms with van der Waals surface area (Å²) in [6.45, 7) is 1.90. The summed E-state index contributed by atoms with van der Waals surface area (Å²) in [4.78, 5) is 12.3. The second kappa shape index (κ2) is 7.88. The molecule has 0 saturated heterocycles. The van der Waals surface area contributed by atoms with Crippen LogP contribution in [0.25, 0.3) is 0 Å². The Bertz CT molecular complexity index is 688. The molecule has 122 valence electrons. The van der Waals surface area contributed by atoms with Gasteiger partial charge in [-0.3, -0.25) is 4.79 Å². The average molecular weight is 334 g/mol. The van der Waals surface area contributed by atoms with E-state index in [1.54, 1.807) is 20.3 Å². The first-order valence-corrected chi connectivity index (χ1v) is 7.67. The Morgan fingerprint density at radius 1 is 1.17 bits per heavy atom. The topological polar surface area (TPSA) is 47.6 Å². The molecule has 4 nitrogen and oxygen atoms in total. The van der Waals surface area contributed by atoms with Crippen molar-refractivity contribution in [2.45, 2.75) is 19.4 Å². The molecule has 2 aromatic rings. The number of nitrogens with one attached hydrogen (secondary N) is 1. The summed E-state index contributed by atoms with van der Waals surface area (Å²) in [6.07, 6.45) is 0.232. The Morgan fingerprint density at radius 3 is 2.57 bits per heavy atom. The maximum absolute atomic E-state index is 12.3. The molecule has 23 heavy (non-hydrogen) atoms. The van der Waals surface area contributed by atoms with Gasteiger partial charge in [-0.05, 0) is 36.8 Å². The predicted octanol–water partition coefficient (Wildman–Crippen LogP) is 3.78. The minimum Gasteiger partial charge on any atom is -0.497 e. The van der Waals surface area contributed by atoms with Crippen LogP contribution in [0, 0.1) is 0 Å². The summed E-state index contributed by atoms with van der Waals surface area (Å²) in [5.74, 6) is 1.32. The van der Waals surface area contributed by atoms with Crippen molar-refractivity contribution in [2.75, 3.05) is 14.2 Å². The lowest BCUT2D eigenvalue weighted by Gasteiger charge is -2.18. The number of hydrogen-bond donors (Lipinski definition) is 1. The fourth-order valence-corrected chi connectivity index (χ4v) is 2.57. The molecule has 0 fully saturated rings. The van der Waals surface area contributed by atoms with Crippen LogP contribution in [0.4, 0.5) is 0 Å². The molecule has 2 aromatic carbocycles. The molecule has 0 unspecified atom stereocenters. The third kappa shape index (κ3) is 4.39. The third-order valence-electron chi connectivity index (χ3n) is 3.59. The van der Waals surface area contributed by atoms with Crippen LogP contribution >= 0.6 is 11.6 Å². The smallest absolute Gasteiger partial charge is 0.224 e. The van der Waals surface area contributed by atoms with E-state index in [1.807, 2.05) is 43.3 Å². The minimum absolute atomic E-state index is 0.101. The molecule has 1 N–H and O–H groups in total. The van der Waals surface area contributed by atoms with Crippen LogP contribution in [0.2, 0.25) is 5.02 Å². The minimum atomic E-state index is -0.213. The van der Waals surface area contributed by atoms with Gasteiger partial charge in [-0.2, -0.15) is 0 Å². The quantitative estimate of drug-likeness (QED) is 0.875. The molecule has 5 heteroatoms. The Balaban J connectivity index is 2.10. The Kier molecular flexibility index (Phi) is 5.88. The van der Waals surface area contributed by atoms with Crippen molar-refractivity contribution in [3.8, 4) is 11.5 Å². The normalized spacial score (nSPS) is 11.7. The van der Waals surface area contributed by atoms with E-state index in [4.69, 9.17) is 21.1 Å². The summed E-state index contributed by atoms with van der Waals surface area (Å²) in [6, 6.07) is 12.6. The van der Waals surface area contributed by atoms with Crippen LogP contribution < -0.4 is 14.8 Å². The van der Waals surface area contributed by atoms with Crippen LogP contribution in [0.1, 0.15) is 24.1 Å². The first-order chi connectivity index (χ1) is 11.0. The zero-order chi connectivity index (χ0) is 16.8. The van der Waals surface area contributed by atoms with Gasteiger partial charge in [0.2, 0.25) is 5.91 Å². The number of carbonyl (C=O) groups is 1. The summed E-state index contributed by atoms with van der Waals surface area (Å²) in [7, 11) is 3.20. The maximum Gasteiger partial charge on any atom is 0.224 e. The van der Waals surface area contributed by atoms with E-state index in [1.165, 1.54) is 0 Å². The molecule has 0 aliphatic rings. The number of halogens is 1. The van der Waals surface area contributed by atoms with Crippen molar-refractivity contribution in [3.05, 3.63) is 58.6 Å². The van der Waals surface area contributed by atoms with E-state index in [0.29, 0.717) is 16.5 Å². The number of methoxy groups -OCH3 is 2. The first kappa shape index (κ1) is 17.2. The number of carbonyl (C=O) groups excluding carboxylic acids is 1. The molecule has 0 spiro atoms. The molecule has 1 atom stereocenters. The molecule has 0 heterocycles. The van der Waals surface area contributed by atoms with Crippen molar-refractivity contribution in [2.24, 2.45) is 0 Å². The van der Waals surface area contributed by atoms with E-state index in [0.717, 1.165) is 11.1 Å². The highest BCUT2D eigenvalue weighted by molar-refractivity contribution is 6.31. The van der Waals surface area contributed by atoms with Crippen molar-refractivity contribution in [1.29, 1.82) is 0 Å². The predicted molar refractivity (Wildman–Crippen MR) is 91.3 cm³/mol. The van der Waals surface area contributed by atoms with Gasteiger partial charge in [0.25, 0.3) is 0 Å². The average Bonchev–Trinajstić information content (AvgIpc) is 2.56. The van der Waals surface area contributed by atoms with Gasteiger partial charge in [0.1, 0.15) is 11.5 Å². The number of rotatable bonds is 6. The molecular weight excluding hydrogens is 314 g/mol.